The van der Waals surface area contributed by atoms with Crippen LogP contribution in [0.5, 0.6) is 0 Å². The molecule has 0 aromatic heterocycles. The smallest absolute Gasteiger partial charge is 0.239 e. The summed E-state index contributed by atoms with van der Waals surface area (Å²) in [4.78, 5) is 10.00. The summed E-state index contributed by atoms with van der Waals surface area (Å²) in [5.74, 6) is 0. The summed E-state index contributed by atoms with van der Waals surface area (Å²) in [6.45, 7) is 3.22. The molecule has 1 N–H and O–H groups in total. The minimum Gasteiger partial charge on any atom is -0.381 e. The maximum atomic E-state index is 10.5. The summed E-state index contributed by atoms with van der Waals surface area (Å²) in [6.07, 6.45) is -1.04. The number of aliphatic hydroxyl groups excluding tert-OH is 1. The van der Waals surface area contributed by atoms with E-state index in [-0.39, 0.29) is 0 Å². The molecule has 4 heteroatoms. The van der Waals surface area contributed by atoms with Crippen LogP contribution in [0.25, 0.3) is 0 Å². The van der Waals surface area contributed by atoms with Crippen molar-refractivity contribution in [2.75, 3.05) is 0 Å². The quantitative estimate of drug-likeness (QED) is 0.589. The van der Waals surface area contributed by atoms with Gasteiger partial charge in [-0.2, -0.15) is 0 Å². The SMILES string of the molecule is Cc1ccccc1C(O)C(C)[N+](=O)[O-]. The normalized spacial score (nSPS) is 14.8. The number of nitrogens with zero attached hydrogens (tertiary/aromatic N) is 1. The van der Waals surface area contributed by atoms with E-state index in [1.165, 1.54) is 6.92 Å². The van der Waals surface area contributed by atoms with E-state index in [0.29, 0.717) is 5.56 Å². The van der Waals surface area contributed by atoms with Crippen LogP contribution in [0.15, 0.2) is 24.3 Å². The molecule has 1 aromatic rings. The van der Waals surface area contributed by atoms with E-state index in [1.807, 2.05) is 19.1 Å². The molecular weight excluding hydrogens is 182 g/mol. The lowest BCUT2D eigenvalue weighted by Gasteiger charge is -2.14. The average Bonchev–Trinajstić information content (AvgIpc) is 2.16. The van der Waals surface area contributed by atoms with Crippen molar-refractivity contribution >= 4 is 0 Å². The lowest BCUT2D eigenvalue weighted by molar-refractivity contribution is -0.531. The van der Waals surface area contributed by atoms with Crippen LogP contribution in [0.1, 0.15) is 24.2 Å². The molecule has 14 heavy (non-hydrogen) atoms. The largest absolute Gasteiger partial charge is 0.381 e. The van der Waals surface area contributed by atoms with Gasteiger partial charge >= 0.3 is 0 Å². The van der Waals surface area contributed by atoms with Gasteiger partial charge in [0.1, 0.15) is 6.10 Å². The van der Waals surface area contributed by atoms with E-state index in [1.54, 1.807) is 12.1 Å². The Bertz CT molecular complexity index is 338. The fourth-order valence-electron chi connectivity index (χ4n) is 1.29. The van der Waals surface area contributed by atoms with E-state index in [4.69, 9.17) is 0 Å². The van der Waals surface area contributed by atoms with Crippen molar-refractivity contribution in [3.05, 3.63) is 45.5 Å². The molecule has 4 nitrogen and oxygen atoms in total. The topological polar surface area (TPSA) is 63.4 Å². The fourth-order valence-corrected chi connectivity index (χ4v) is 1.29. The summed E-state index contributed by atoms with van der Waals surface area (Å²) in [5.41, 5.74) is 1.49. The summed E-state index contributed by atoms with van der Waals surface area (Å²) in [6, 6.07) is 6.15. The maximum Gasteiger partial charge on any atom is 0.239 e. The number of hydrogen-bond acceptors (Lipinski definition) is 3. The van der Waals surface area contributed by atoms with Crippen LogP contribution in [-0.2, 0) is 0 Å². The van der Waals surface area contributed by atoms with E-state index < -0.39 is 17.1 Å². The zero-order chi connectivity index (χ0) is 10.7. The molecule has 0 aliphatic carbocycles. The van der Waals surface area contributed by atoms with E-state index in [9.17, 15) is 15.2 Å². The Morgan fingerprint density at radius 2 is 2.00 bits per heavy atom. The fraction of sp³-hybridized carbons (Fsp3) is 0.400. The summed E-state index contributed by atoms with van der Waals surface area (Å²) < 4.78 is 0. The number of aliphatic hydroxyl groups is 1. The second kappa shape index (κ2) is 4.19. The second-order valence-electron chi connectivity index (χ2n) is 3.33. The predicted molar refractivity (Wildman–Crippen MR) is 52.6 cm³/mol. The minimum atomic E-state index is -1.04. The Morgan fingerprint density at radius 1 is 1.43 bits per heavy atom. The molecule has 0 amide bonds. The van der Waals surface area contributed by atoms with Crippen molar-refractivity contribution in [3.8, 4) is 0 Å². The Labute approximate surface area is 82.3 Å². The first kappa shape index (κ1) is 10.7. The lowest BCUT2D eigenvalue weighted by atomic mass is 9.99. The molecule has 0 aliphatic heterocycles. The van der Waals surface area contributed by atoms with E-state index in [2.05, 4.69) is 0 Å². The van der Waals surface area contributed by atoms with Crippen LogP contribution in [-0.4, -0.2) is 16.1 Å². The van der Waals surface area contributed by atoms with Gasteiger partial charge in [0, 0.05) is 11.8 Å². The molecule has 0 saturated carbocycles. The van der Waals surface area contributed by atoms with E-state index >= 15 is 0 Å². The number of hydrogen-bond donors (Lipinski definition) is 1. The zero-order valence-corrected chi connectivity index (χ0v) is 8.18. The lowest BCUT2D eigenvalue weighted by Crippen LogP contribution is -2.24. The third-order valence-electron chi connectivity index (χ3n) is 2.30. The van der Waals surface area contributed by atoms with Crippen LogP contribution in [0, 0.1) is 17.0 Å². The minimum absolute atomic E-state index is 0.475. The van der Waals surface area contributed by atoms with Gasteiger partial charge in [0.15, 0.2) is 0 Å². The third kappa shape index (κ3) is 2.09. The predicted octanol–water partition coefficient (Wildman–Crippen LogP) is 1.69. The van der Waals surface area contributed by atoms with Crippen LogP contribution >= 0.6 is 0 Å². The molecule has 0 fully saturated rings. The van der Waals surface area contributed by atoms with Gasteiger partial charge in [0.2, 0.25) is 6.04 Å². The van der Waals surface area contributed by atoms with Gasteiger partial charge in [-0.3, -0.25) is 10.1 Å². The van der Waals surface area contributed by atoms with Crippen molar-refractivity contribution in [1.29, 1.82) is 0 Å². The van der Waals surface area contributed by atoms with Crippen molar-refractivity contribution in [2.45, 2.75) is 26.0 Å². The van der Waals surface area contributed by atoms with Crippen molar-refractivity contribution < 1.29 is 10.0 Å². The highest BCUT2D eigenvalue weighted by Gasteiger charge is 2.26. The van der Waals surface area contributed by atoms with Gasteiger partial charge in [-0.05, 0) is 18.1 Å². The Hall–Kier alpha value is -1.42. The molecule has 1 aromatic carbocycles. The molecular formula is C10H13NO3. The maximum absolute atomic E-state index is 10.5. The highest BCUT2D eigenvalue weighted by molar-refractivity contribution is 5.28. The molecule has 0 heterocycles. The standard InChI is InChI=1S/C10H13NO3/c1-7-5-3-4-6-9(7)10(12)8(2)11(13)14/h3-6,8,10,12H,1-2H3. The average molecular weight is 195 g/mol. The monoisotopic (exact) mass is 195 g/mol. The number of rotatable bonds is 3. The van der Waals surface area contributed by atoms with Gasteiger partial charge in [-0.25, -0.2) is 0 Å². The highest BCUT2D eigenvalue weighted by atomic mass is 16.6. The van der Waals surface area contributed by atoms with Gasteiger partial charge in [0.05, 0.1) is 0 Å². The van der Waals surface area contributed by atoms with Crippen LogP contribution < -0.4 is 0 Å². The second-order valence-corrected chi connectivity index (χ2v) is 3.33. The van der Waals surface area contributed by atoms with Gasteiger partial charge in [0.25, 0.3) is 0 Å². The molecule has 0 saturated heterocycles. The summed E-state index contributed by atoms with van der Waals surface area (Å²) in [7, 11) is 0. The Morgan fingerprint density at radius 3 is 2.50 bits per heavy atom. The van der Waals surface area contributed by atoms with Crippen LogP contribution in [0.2, 0.25) is 0 Å². The molecule has 0 radical (unpaired) electrons. The zero-order valence-electron chi connectivity index (χ0n) is 8.18. The molecule has 0 aliphatic rings. The molecule has 0 bridgehead atoms. The summed E-state index contributed by atoms with van der Waals surface area (Å²) in [5, 5.41) is 20.2. The summed E-state index contributed by atoms with van der Waals surface area (Å²) >= 11 is 0. The molecule has 0 spiro atoms. The first-order valence-electron chi connectivity index (χ1n) is 4.41. The van der Waals surface area contributed by atoms with Gasteiger partial charge in [-0.15, -0.1) is 0 Å². The van der Waals surface area contributed by atoms with Crippen molar-refractivity contribution in [3.63, 3.8) is 0 Å². The molecule has 2 atom stereocenters. The van der Waals surface area contributed by atoms with Crippen molar-refractivity contribution in [1.82, 2.24) is 0 Å². The first-order chi connectivity index (χ1) is 6.54. The van der Waals surface area contributed by atoms with Crippen molar-refractivity contribution in [2.24, 2.45) is 0 Å². The van der Waals surface area contributed by atoms with Crippen LogP contribution in [0.4, 0.5) is 0 Å². The molecule has 1 rings (SSSR count). The van der Waals surface area contributed by atoms with Crippen LogP contribution in [0.3, 0.4) is 0 Å². The number of benzene rings is 1. The van der Waals surface area contributed by atoms with Gasteiger partial charge in [-0.1, -0.05) is 24.3 Å². The number of nitro groups is 1. The molecule has 76 valence electrons. The third-order valence-corrected chi connectivity index (χ3v) is 2.30. The number of aryl methyl sites for hydroxylation is 1. The first-order valence-corrected chi connectivity index (χ1v) is 4.41. The van der Waals surface area contributed by atoms with E-state index in [0.717, 1.165) is 5.56 Å². The van der Waals surface area contributed by atoms with Gasteiger partial charge < -0.3 is 5.11 Å². The Balaban J connectivity index is 2.94. The molecule has 2 unspecified atom stereocenters. The Kier molecular flexibility index (Phi) is 3.19. The highest BCUT2D eigenvalue weighted by Crippen LogP contribution is 2.21.